The first-order chi connectivity index (χ1) is 12.5. The van der Waals surface area contributed by atoms with Crippen molar-refractivity contribution in [3.8, 4) is 0 Å². The van der Waals surface area contributed by atoms with E-state index in [-0.39, 0.29) is 23.1 Å². The fraction of sp³-hybridized carbons (Fsp3) is 0.300. The van der Waals surface area contributed by atoms with Crippen molar-refractivity contribution in [2.45, 2.75) is 25.1 Å². The molecule has 0 spiro atoms. The minimum Gasteiger partial charge on any atom is -0.326 e. The van der Waals surface area contributed by atoms with Gasteiger partial charge in [0.2, 0.25) is 11.8 Å². The fourth-order valence-corrected chi connectivity index (χ4v) is 4.23. The van der Waals surface area contributed by atoms with Crippen molar-refractivity contribution in [2.24, 2.45) is 5.92 Å². The predicted octanol–water partition coefficient (Wildman–Crippen LogP) is 4.26. The van der Waals surface area contributed by atoms with Crippen molar-refractivity contribution in [1.82, 2.24) is 0 Å². The van der Waals surface area contributed by atoms with Crippen LogP contribution in [0.4, 0.5) is 15.8 Å². The summed E-state index contributed by atoms with van der Waals surface area (Å²) in [6.45, 7) is 1.88. The van der Waals surface area contributed by atoms with Gasteiger partial charge in [0.1, 0.15) is 11.2 Å². The van der Waals surface area contributed by atoms with Crippen molar-refractivity contribution >= 4 is 35.0 Å². The number of carbonyl (C=O) groups excluding carboxylic acids is 2. The number of carbonyl (C=O) groups is 2. The summed E-state index contributed by atoms with van der Waals surface area (Å²) in [6, 6.07) is 12.2. The SMILES string of the molecule is Cc1ccc(F)c(N2C(=O)CS[C@H]2c2ccc(NC(=O)C3CC3)cc2)c1. The van der Waals surface area contributed by atoms with Crippen LogP contribution < -0.4 is 10.2 Å². The number of anilines is 2. The molecule has 2 aromatic rings. The van der Waals surface area contributed by atoms with Gasteiger partial charge in [-0.2, -0.15) is 0 Å². The summed E-state index contributed by atoms with van der Waals surface area (Å²) in [6.07, 6.45) is 1.92. The summed E-state index contributed by atoms with van der Waals surface area (Å²) in [4.78, 5) is 25.8. The lowest BCUT2D eigenvalue weighted by molar-refractivity contribution is -0.117. The lowest BCUT2D eigenvalue weighted by atomic mass is 10.1. The van der Waals surface area contributed by atoms with Crippen LogP contribution in [0.15, 0.2) is 42.5 Å². The Morgan fingerprint density at radius 1 is 1.19 bits per heavy atom. The second-order valence-electron chi connectivity index (χ2n) is 6.77. The van der Waals surface area contributed by atoms with E-state index in [1.54, 1.807) is 12.1 Å². The number of amides is 2. The molecule has 1 N–H and O–H groups in total. The van der Waals surface area contributed by atoms with Crippen molar-refractivity contribution in [2.75, 3.05) is 16.0 Å². The van der Waals surface area contributed by atoms with Crippen molar-refractivity contribution in [3.05, 3.63) is 59.4 Å². The number of halogens is 1. The van der Waals surface area contributed by atoms with E-state index in [0.29, 0.717) is 11.4 Å². The van der Waals surface area contributed by atoms with Crippen LogP contribution in [0.1, 0.15) is 29.3 Å². The molecule has 1 heterocycles. The van der Waals surface area contributed by atoms with E-state index in [9.17, 15) is 14.0 Å². The Kier molecular flexibility index (Phi) is 4.44. The number of hydrogen-bond donors (Lipinski definition) is 1. The normalized spacial score (nSPS) is 19.7. The maximum atomic E-state index is 14.3. The Morgan fingerprint density at radius 3 is 2.62 bits per heavy atom. The fourth-order valence-electron chi connectivity index (χ4n) is 3.06. The number of thioether (sulfide) groups is 1. The van der Waals surface area contributed by atoms with Crippen LogP contribution in [0.2, 0.25) is 0 Å². The highest BCUT2D eigenvalue weighted by atomic mass is 32.2. The van der Waals surface area contributed by atoms with Crippen LogP contribution in [0, 0.1) is 18.7 Å². The molecule has 2 amide bonds. The molecule has 0 unspecified atom stereocenters. The summed E-state index contributed by atoms with van der Waals surface area (Å²) in [5, 5.41) is 2.63. The number of nitrogens with zero attached hydrogens (tertiary/aromatic N) is 1. The number of hydrogen-bond acceptors (Lipinski definition) is 3. The third-order valence-electron chi connectivity index (χ3n) is 4.64. The van der Waals surface area contributed by atoms with Crippen LogP contribution in [-0.2, 0) is 9.59 Å². The molecule has 2 aromatic carbocycles. The third kappa shape index (κ3) is 3.33. The van der Waals surface area contributed by atoms with Crippen molar-refractivity contribution in [1.29, 1.82) is 0 Å². The second-order valence-corrected chi connectivity index (χ2v) is 7.84. The number of aryl methyl sites for hydroxylation is 1. The molecular weight excluding hydrogens is 351 g/mol. The van der Waals surface area contributed by atoms with E-state index in [0.717, 1.165) is 29.7 Å². The third-order valence-corrected chi connectivity index (χ3v) is 5.85. The van der Waals surface area contributed by atoms with Gasteiger partial charge in [-0.3, -0.25) is 14.5 Å². The smallest absolute Gasteiger partial charge is 0.238 e. The minimum absolute atomic E-state index is 0.0617. The first-order valence-corrected chi connectivity index (χ1v) is 9.68. The molecule has 0 aromatic heterocycles. The zero-order chi connectivity index (χ0) is 18.3. The number of nitrogens with one attached hydrogen (secondary N) is 1. The summed E-state index contributed by atoms with van der Waals surface area (Å²) >= 11 is 1.48. The van der Waals surface area contributed by atoms with Crippen molar-refractivity contribution < 1.29 is 14.0 Å². The first-order valence-electron chi connectivity index (χ1n) is 8.63. The van der Waals surface area contributed by atoms with Gasteiger partial charge in [0.05, 0.1) is 11.4 Å². The van der Waals surface area contributed by atoms with Crippen LogP contribution in [0.3, 0.4) is 0 Å². The summed E-state index contributed by atoms with van der Waals surface area (Å²) in [5.74, 6) is 0.0302. The van der Waals surface area contributed by atoms with E-state index < -0.39 is 5.82 Å². The maximum Gasteiger partial charge on any atom is 0.238 e. The highest BCUT2D eigenvalue weighted by molar-refractivity contribution is 8.00. The Morgan fingerprint density at radius 2 is 1.92 bits per heavy atom. The Hall–Kier alpha value is -2.34. The Bertz CT molecular complexity index is 865. The molecule has 0 bridgehead atoms. The minimum atomic E-state index is -0.398. The lowest BCUT2D eigenvalue weighted by Crippen LogP contribution is -2.28. The average molecular weight is 370 g/mol. The zero-order valence-electron chi connectivity index (χ0n) is 14.4. The number of benzene rings is 2. The van der Waals surface area contributed by atoms with E-state index in [2.05, 4.69) is 5.32 Å². The molecule has 4 rings (SSSR count). The second kappa shape index (κ2) is 6.76. The maximum absolute atomic E-state index is 14.3. The van der Waals surface area contributed by atoms with Gasteiger partial charge in [0, 0.05) is 11.6 Å². The van der Waals surface area contributed by atoms with Gasteiger partial charge in [0.15, 0.2) is 0 Å². The van der Waals surface area contributed by atoms with Crippen LogP contribution in [0.25, 0.3) is 0 Å². The standard InChI is InChI=1S/C20H19FN2O2S/c1-12-2-9-16(21)17(10-12)23-18(24)11-26-20(23)14-5-7-15(8-6-14)22-19(25)13-3-4-13/h2,5-10,13,20H,3-4,11H2,1H3,(H,22,25)/t20-/m0/s1. The molecule has 1 atom stereocenters. The topological polar surface area (TPSA) is 49.4 Å². The van der Waals surface area contributed by atoms with Crippen LogP contribution >= 0.6 is 11.8 Å². The summed E-state index contributed by atoms with van der Waals surface area (Å²) in [7, 11) is 0. The monoisotopic (exact) mass is 370 g/mol. The van der Waals surface area contributed by atoms with E-state index in [1.807, 2.05) is 31.2 Å². The molecule has 6 heteroatoms. The molecular formula is C20H19FN2O2S. The predicted molar refractivity (Wildman–Crippen MR) is 102 cm³/mol. The van der Waals surface area contributed by atoms with Gasteiger partial charge in [-0.05, 0) is 55.2 Å². The molecule has 2 fully saturated rings. The molecule has 1 aliphatic heterocycles. The molecule has 134 valence electrons. The van der Waals surface area contributed by atoms with Gasteiger partial charge < -0.3 is 5.32 Å². The van der Waals surface area contributed by atoms with E-state index >= 15 is 0 Å². The Labute approximate surface area is 155 Å². The quantitative estimate of drug-likeness (QED) is 0.875. The van der Waals surface area contributed by atoms with Gasteiger partial charge in [-0.15, -0.1) is 11.8 Å². The highest BCUT2D eigenvalue weighted by Crippen LogP contribution is 2.43. The van der Waals surface area contributed by atoms with E-state index in [4.69, 9.17) is 0 Å². The summed E-state index contributed by atoms with van der Waals surface area (Å²) < 4.78 is 14.3. The van der Waals surface area contributed by atoms with Gasteiger partial charge in [0.25, 0.3) is 0 Å². The first kappa shape index (κ1) is 17.1. The molecule has 0 radical (unpaired) electrons. The molecule has 1 saturated heterocycles. The van der Waals surface area contributed by atoms with Crippen LogP contribution in [0.5, 0.6) is 0 Å². The van der Waals surface area contributed by atoms with Crippen LogP contribution in [-0.4, -0.2) is 17.6 Å². The highest BCUT2D eigenvalue weighted by Gasteiger charge is 2.35. The summed E-state index contributed by atoms with van der Waals surface area (Å²) in [5.41, 5.74) is 2.87. The largest absolute Gasteiger partial charge is 0.326 e. The zero-order valence-corrected chi connectivity index (χ0v) is 15.2. The molecule has 26 heavy (non-hydrogen) atoms. The lowest BCUT2D eigenvalue weighted by Gasteiger charge is -2.25. The average Bonchev–Trinajstić information content (AvgIpc) is 3.41. The molecule has 4 nitrogen and oxygen atoms in total. The van der Waals surface area contributed by atoms with Crippen molar-refractivity contribution in [3.63, 3.8) is 0 Å². The van der Waals surface area contributed by atoms with Gasteiger partial charge in [-0.25, -0.2) is 4.39 Å². The molecule has 1 aliphatic carbocycles. The molecule has 1 saturated carbocycles. The number of rotatable bonds is 4. The van der Waals surface area contributed by atoms with E-state index in [1.165, 1.54) is 22.7 Å². The van der Waals surface area contributed by atoms with Gasteiger partial charge >= 0.3 is 0 Å². The Balaban J connectivity index is 1.58. The molecule has 2 aliphatic rings. The van der Waals surface area contributed by atoms with Gasteiger partial charge in [-0.1, -0.05) is 18.2 Å².